The number of amidine groups is 1. The fraction of sp³-hybridized carbons (Fsp3) is 0.429. The van der Waals surface area contributed by atoms with E-state index in [1.165, 1.54) is 0 Å². The Morgan fingerprint density at radius 1 is 1.52 bits per heavy atom. The predicted molar refractivity (Wildman–Crippen MR) is 80.3 cm³/mol. The molecular weight excluding hydrogens is 272 g/mol. The molecule has 0 bridgehead atoms. The SMILES string of the molecule is CC(C)(O)CNCC(=O)Nc1ccc2c(c1)COC(N)=N2. The van der Waals surface area contributed by atoms with Gasteiger partial charge < -0.3 is 26.2 Å². The number of nitrogens with one attached hydrogen (secondary N) is 2. The standard InChI is InChI=1S/C14H20N4O3/c1-14(2,20)8-16-6-12(19)17-10-3-4-11-9(5-10)7-21-13(15)18-11/h3-5,16,20H,6-8H2,1-2H3,(H2,15,18)(H,17,19). The zero-order valence-electron chi connectivity index (χ0n) is 12.1. The van der Waals surface area contributed by atoms with Crippen molar-refractivity contribution in [3.8, 4) is 0 Å². The summed E-state index contributed by atoms with van der Waals surface area (Å²) >= 11 is 0. The molecule has 1 heterocycles. The van der Waals surface area contributed by atoms with Gasteiger partial charge in [0.15, 0.2) is 0 Å². The Labute approximate surface area is 123 Å². The van der Waals surface area contributed by atoms with Crippen molar-refractivity contribution in [2.24, 2.45) is 10.7 Å². The van der Waals surface area contributed by atoms with Crippen LogP contribution in [0.2, 0.25) is 0 Å². The number of benzene rings is 1. The van der Waals surface area contributed by atoms with Crippen LogP contribution >= 0.6 is 0 Å². The Morgan fingerprint density at radius 3 is 3.00 bits per heavy atom. The molecule has 0 spiro atoms. The van der Waals surface area contributed by atoms with E-state index >= 15 is 0 Å². The number of amides is 1. The molecule has 0 atom stereocenters. The number of fused-ring (bicyclic) bond motifs is 1. The minimum atomic E-state index is -0.846. The topological polar surface area (TPSA) is 109 Å². The monoisotopic (exact) mass is 292 g/mol. The van der Waals surface area contributed by atoms with Crippen molar-refractivity contribution in [2.45, 2.75) is 26.1 Å². The number of aliphatic hydroxyl groups is 1. The molecule has 0 fully saturated rings. The van der Waals surface area contributed by atoms with Crippen molar-refractivity contribution < 1.29 is 14.6 Å². The van der Waals surface area contributed by atoms with Crippen molar-refractivity contribution in [3.63, 3.8) is 0 Å². The Bertz CT molecular complexity index is 564. The summed E-state index contributed by atoms with van der Waals surface area (Å²) in [6.07, 6.45) is 0. The molecule has 0 aliphatic carbocycles. The van der Waals surface area contributed by atoms with E-state index in [2.05, 4.69) is 15.6 Å². The average molecular weight is 292 g/mol. The third-order valence-corrected chi connectivity index (χ3v) is 2.81. The summed E-state index contributed by atoms with van der Waals surface area (Å²) in [4.78, 5) is 15.8. The van der Waals surface area contributed by atoms with E-state index in [0.717, 1.165) is 11.3 Å². The van der Waals surface area contributed by atoms with Crippen LogP contribution in [0.4, 0.5) is 11.4 Å². The summed E-state index contributed by atoms with van der Waals surface area (Å²) in [5.41, 5.74) is 6.93. The molecule has 0 saturated carbocycles. The molecule has 0 radical (unpaired) electrons. The number of nitrogens with two attached hydrogens (primary N) is 1. The number of hydrogen-bond donors (Lipinski definition) is 4. The smallest absolute Gasteiger partial charge is 0.287 e. The number of nitrogens with zero attached hydrogens (tertiary/aromatic N) is 1. The van der Waals surface area contributed by atoms with Crippen LogP contribution < -0.4 is 16.4 Å². The lowest BCUT2D eigenvalue weighted by Crippen LogP contribution is -2.38. The summed E-state index contributed by atoms with van der Waals surface area (Å²) in [6, 6.07) is 5.49. The van der Waals surface area contributed by atoms with Crippen molar-refractivity contribution in [1.82, 2.24) is 5.32 Å². The molecule has 1 amide bonds. The summed E-state index contributed by atoms with van der Waals surface area (Å²) in [5.74, 6) is -0.182. The van der Waals surface area contributed by atoms with Crippen molar-refractivity contribution in [2.75, 3.05) is 18.4 Å². The molecule has 21 heavy (non-hydrogen) atoms. The van der Waals surface area contributed by atoms with Crippen LogP contribution in [-0.2, 0) is 16.1 Å². The van der Waals surface area contributed by atoms with E-state index in [1.807, 2.05) is 0 Å². The van der Waals surface area contributed by atoms with Crippen LogP contribution in [0.15, 0.2) is 23.2 Å². The minimum Gasteiger partial charge on any atom is -0.460 e. The number of carbonyl (C=O) groups excluding carboxylic acids is 1. The van der Waals surface area contributed by atoms with Gasteiger partial charge in [-0.1, -0.05) is 0 Å². The molecule has 0 aromatic heterocycles. The zero-order chi connectivity index (χ0) is 15.5. The first-order chi connectivity index (χ1) is 9.83. The highest BCUT2D eigenvalue weighted by Crippen LogP contribution is 2.26. The zero-order valence-corrected chi connectivity index (χ0v) is 12.1. The molecule has 114 valence electrons. The summed E-state index contributed by atoms with van der Waals surface area (Å²) in [6.45, 7) is 4.15. The summed E-state index contributed by atoms with van der Waals surface area (Å²) in [7, 11) is 0. The number of anilines is 1. The molecule has 0 saturated heterocycles. The summed E-state index contributed by atoms with van der Waals surface area (Å²) < 4.78 is 5.14. The predicted octanol–water partition coefficient (Wildman–Crippen LogP) is 0.462. The molecule has 7 heteroatoms. The van der Waals surface area contributed by atoms with Crippen LogP contribution in [0.5, 0.6) is 0 Å². The van der Waals surface area contributed by atoms with E-state index in [1.54, 1.807) is 32.0 Å². The second kappa shape index (κ2) is 6.11. The van der Waals surface area contributed by atoms with Crippen LogP contribution in [-0.4, -0.2) is 35.7 Å². The molecule has 5 N–H and O–H groups in total. The Hall–Kier alpha value is -2.12. The van der Waals surface area contributed by atoms with Gasteiger partial charge in [0.25, 0.3) is 6.02 Å². The Kier molecular flexibility index (Phi) is 4.44. The number of rotatable bonds is 5. The molecule has 1 aromatic rings. The Morgan fingerprint density at radius 2 is 2.29 bits per heavy atom. The van der Waals surface area contributed by atoms with E-state index in [-0.39, 0.29) is 18.5 Å². The fourth-order valence-electron chi connectivity index (χ4n) is 1.88. The average Bonchev–Trinajstić information content (AvgIpc) is 2.37. The lowest BCUT2D eigenvalue weighted by Gasteiger charge is -2.18. The van der Waals surface area contributed by atoms with E-state index in [4.69, 9.17) is 10.5 Å². The van der Waals surface area contributed by atoms with Gasteiger partial charge in [-0.3, -0.25) is 4.79 Å². The van der Waals surface area contributed by atoms with Gasteiger partial charge in [0.1, 0.15) is 6.61 Å². The highest BCUT2D eigenvalue weighted by molar-refractivity contribution is 5.92. The normalized spacial score (nSPS) is 14.0. The quantitative estimate of drug-likeness (QED) is 0.630. The van der Waals surface area contributed by atoms with Gasteiger partial charge in [-0.25, -0.2) is 0 Å². The number of hydrogen-bond acceptors (Lipinski definition) is 6. The molecule has 1 aliphatic rings. The molecule has 0 unspecified atom stereocenters. The second-order valence-electron chi connectivity index (χ2n) is 5.55. The van der Waals surface area contributed by atoms with E-state index in [9.17, 15) is 9.90 Å². The van der Waals surface area contributed by atoms with Crippen molar-refractivity contribution in [3.05, 3.63) is 23.8 Å². The largest absolute Gasteiger partial charge is 0.460 e. The maximum Gasteiger partial charge on any atom is 0.287 e. The number of ether oxygens (including phenoxy) is 1. The van der Waals surface area contributed by atoms with Gasteiger partial charge in [0.05, 0.1) is 17.8 Å². The van der Waals surface area contributed by atoms with Gasteiger partial charge in [0, 0.05) is 17.8 Å². The fourth-order valence-corrected chi connectivity index (χ4v) is 1.88. The number of aliphatic imine (C=N–C) groups is 1. The maximum atomic E-state index is 11.8. The van der Waals surface area contributed by atoms with Crippen LogP contribution in [0.3, 0.4) is 0 Å². The first-order valence-electron chi connectivity index (χ1n) is 6.66. The Balaban J connectivity index is 1.90. The maximum absolute atomic E-state index is 11.8. The first kappa shape index (κ1) is 15.3. The lowest BCUT2D eigenvalue weighted by atomic mass is 10.1. The second-order valence-corrected chi connectivity index (χ2v) is 5.55. The van der Waals surface area contributed by atoms with Crippen molar-refractivity contribution >= 4 is 23.3 Å². The lowest BCUT2D eigenvalue weighted by molar-refractivity contribution is -0.115. The third kappa shape index (κ3) is 4.73. The molecule has 7 nitrogen and oxygen atoms in total. The van der Waals surface area contributed by atoms with Gasteiger partial charge in [0.2, 0.25) is 5.91 Å². The highest BCUT2D eigenvalue weighted by Gasteiger charge is 2.14. The van der Waals surface area contributed by atoms with Crippen LogP contribution in [0.25, 0.3) is 0 Å². The van der Waals surface area contributed by atoms with Gasteiger partial charge in [-0.2, -0.15) is 4.99 Å². The molecule has 2 rings (SSSR count). The van der Waals surface area contributed by atoms with Gasteiger partial charge in [-0.15, -0.1) is 0 Å². The first-order valence-corrected chi connectivity index (χ1v) is 6.66. The molecule has 1 aromatic carbocycles. The van der Waals surface area contributed by atoms with Crippen LogP contribution in [0.1, 0.15) is 19.4 Å². The minimum absolute atomic E-state index is 0.128. The van der Waals surface area contributed by atoms with Crippen molar-refractivity contribution in [1.29, 1.82) is 0 Å². The van der Waals surface area contributed by atoms with Gasteiger partial charge in [-0.05, 0) is 32.0 Å². The van der Waals surface area contributed by atoms with Gasteiger partial charge >= 0.3 is 0 Å². The highest BCUT2D eigenvalue weighted by atomic mass is 16.5. The summed E-state index contributed by atoms with van der Waals surface area (Å²) in [5, 5.41) is 15.2. The van der Waals surface area contributed by atoms with E-state index in [0.29, 0.717) is 18.8 Å². The molecular formula is C14H20N4O3. The third-order valence-electron chi connectivity index (χ3n) is 2.81. The van der Waals surface area contributed by atoms with Crippen LogP contribution in [0, 0.1) is 0 Å². The molecule has 1 aliphatic heterocycles. The van der Waals surface area contributed by atoms with E-state index < -0.39 is 5.60 Å². The number of carbonyl (C=O) groups is 1.